The van der Waals surface area contributed by atoms with Crippen LogP contribution in [0.2, 0.25) is 0 Å². The Hall–Kier alpha value is -0.900. The molecular formula is C17H21NS2. The molecule has 2 N–H and O–H groups in total. The van der Waals surface area contributed by atoms with Crippen molar-refractivity contribution < 1.29 is 0 Å². The number of benzene rings is 2. The first kappa shape index (κ1) is 15.5. The molecule has 2 aromatic carbocycles. The fourth-order valence-electron chi connectivity index (χ4n) is 2.08. The normalized spacial score (nSPS) is 11.1. The van der Waals surface area contributed by atoms with Crippen LogP contribution in [-0.2, 0) is 6.54 Å². The van der Waals surface area contributed by atoms with Crippen molar-refractivity contribution in [2.45, 2.75) is 41.0 Å². The highest BCUT2D eigenvalue weighted by Crippen LogP contribution is 2.35. The van der Waals surface area contributed by atoms with Gasteiger partial charge in [-0.2, -0.15) is 0 Å². The molecule has 0 fully saturated rings. The molecule has 0 aliphatic carbocycles. The number of nitrogens with two attached hydrogens (primary N) is 1. The van der Waals surface area contributed by atoms with Gasteiger partial charge in [-0.1, -0.05) is 43.8 Å². The van der Waals surface area contributed by atoms with E-state index in [0.29, 0.717) is 12.5 Å². The highest BCUT2D eigenvalue weighted by molar-refractivity contribution is 8.00. The smallest absolute Gasteiger partial charge is 0.0200 e. The molecule has 0 aliphatic heterocycles. The van der Waals surface area contributed by atoms with Crippen LogP contribution >= 0.6 is 23.5 Å². The molecule has 0 amide bonds. The van der Waals surface area contributed by atoms with E-state index in [1.807, 2.05) is 0 Å². The van der Waals surface area contributed by atoms with Gasteiger partial charge in [0.15, 0.2) is 0 Å². The molecule has 3 heteroatoms. The van der Waals surface area contributed by atoms with Gasteiger partial charge < -0.3 is 5.73 Å². The van der Waals surface area contributed by atoms with Gasteiger partial charge in [0.25, 0.3) is 0 Å². The monoisotopic (exact) mass is 303 g/mol. The summed E-state index contributed by atoms with van der Waals surface area (Å²) in [4.78, 5) is 3.80. The third-order valence-corrected chi connectivity index (χ3v) is 5.22. The van der Waals surface area contributed by atoms with Crippen molar-refractivity contribution in [3.05, 3.63) is 53.6 Å². The maximum Gasteiger partial charge on any atom is 0.0200 e. The molecule has 0 radical (unpaired) electrons. The second-order valence-electron chi connectivity index (χ2n) is 4.97. The lowest BCUT2D eigenvalue weighted by Crippen LogP contribution is -2.00. The maximum absolute atomic E-state index is 5.92. The average Bonchev–Trinajstić information content (AvgIpc) is 2.47. The Balaban J connectivity index is 2.25. The minimum atomic E-state index is 0.577. The maximum atomic E-state index is 5.92. The number of rotatable bonds is 5. The van der Waals surface area contributed by atoms with Gasteiger partial charge in [-0.05, 0) is 47.6 Å². The Labute approximate surface area is 130 Å². The molecule has 20 heavy (non-hydrogen) atoms. The zero-order valence-electron chi connectivity index (χ0n) is 12.2. The van der Waals surface area contributed by atoms with Crippen LogP contribution in [0.25, 0.3) is 0 Å². The molecule has 0 unspecified atom stereocenters. The summed E-state index contributed by atoms with van der Waals surface area (Å²) in [7, 11) is 0. The van der Waals surface area contributed by atoms with Crippen molar-refractivity contribution in [2.75, 3.05) is 6.26 Å². The summed E-state index contributed by atoms with van der Waals surface area (Å²) in [5.41, 5.74) is 8.55. The third kappa shape index (κ3) is 3.60. The van der Waals surface area contributed by atoms with Crippen molar-refractivity contribution in [2.24, 2.45) is 5.73 Å². The van der Waals surface area contributed by atoms with Gasteiger partial charge in [0, 0.05) is 21.2 Å². The Morgan fingerprint density at radius 2 is 1.65 bits per heavy atom. The lowest BCUT2D eigenvalue weighted by molar-refractivity contribution is 0.865. The van der Waals surface area contributed by atoms with Crippen molar-refractivity contribution in [1.82, 2.24) is 0 Å². The minimum Gasteiger partial charge on any atom is -0.326 e. The van der Waals surface area contributed by atoms with E-state index in [1.165, 1.54) is 25.8 Å². The van der Waals surface area contributed by atoms with Crippen LogP contribution in [0.4, 0.5) is 0 Å². The molecule has 0 saturated carbocycles. The van der Waals surface area contributed by atoms with Crippen LogP contribution < -0.4 is 5.73 Å². The lowest BCUT2D eigenvalue weighted by atomic mass is 10.0. The van der Waals surface area contributed by atoms with Gasteiger partial charge in [-0.25, -0.2) is 0 Å². The molecule has 0 aromatic heterocycles. The van der Waals surface area contributed by atoms with E-state index in [2.05, 4.69) is 62.6 Å². The summed E-state index contributed by atoms with van der Waals surface area (Å²) in [5.74, 6) is 0.577. The largest absolute Gasteiger partial charge is 0.326 e. The molecule has 0 aliphatic rings. The first-order valence-electron chi connectivity index (χ1n) is 6.79. The predicted octanol–water partition coefficient (Wildman–Crippen LogP) is 5.14. The quantitative estimate of drug-likeness (QED) is 0.774. The van der Waals surface area contributed by atoms with Crippen molar-refractivity contribution in [3.63, 3.8) is 0 Å². The Kier molecular flexibility index (Phi) is 5.58. The minimum absolute atomic E-state index is 0.577. The summed E-state index contributed by atoms with van der Waals surface area (Å²) >= 11 is 3.55. The number of hydrogen-bond acceptors (Lipinski definition) is 3. The van der Waals surface area contributed by atoms with E-state index in [0.717, 1.165) is 0 Å². The third-order valence-electron chi connectivity index (χ3n) is 3.29. The van der Waals surface area contributed by atoms with Crippen molar-refractivity contribution in [3.8, 4) is 0 Å². The molecular weight excluding hydrogens is 282 g/mol. The van der Waals surface area contributed by atoms with Crippen LogP contribution in [0.1, 0.15) is 30.9 Å². The fourth-order valence-corrected chi connectivity index (χ4v) is 3.79. The van der Waals surface area contributed by atoms with Crippen LogP contribution in [0.5, 0.6) is 0 Å². The van der Waals surface area contributed by atoms with Gasteiger partial charge in [-0.3, -0.25) is 0 Å². The number of thioether (sulfide) groups is 1. The molecule has 0 atom stereocenters. The second-order valence-corrected chi connectivity index (χ2v) is 6.93. The first-order chi connectivity index (χ1) is 9.65. The van der Waals surface area contributed by atoms with Crippen LogP contribution in [0.3, 0.4) is 0 Å². The number of hydrogen-bond donors (Lipinski definition) is 1. The van der Waals surface area contributed by atoms with E-state index in [9.17, 15) is 0 Å². The van der Waals surface area contributed by atoms with Gasteiger partial charge >= 0.3 is 0 Å². The summed E-state index contributed by atoms with van der Waals surface area (Å²) in [6.45, 7) is 5.02. The fraction of sp³-hybridized carbons (Fsp3) is 0.294. The summed E-state index contributed by atoms with van der Waals surface area (Å²) in [6.07, 6.45) is 2.10. The second kappa shape index (κ2) is 7.21. The Morgan fingerprint density at radius 3 is 2.20 bits per heavy atom. The molecule has 106 valence electrons. The van der Waals surface area contributed by atoms with Crippen LogP contribution in [-0.4, -0.2) is 6.26 Å². The van der Waals surface area contributed by atoms with Crippen molar-refractivity contribution >= 4 is 23.5 Å². The van der Waals surface area contributed by atoms with Gasteiger partial charge in [-0.15, -0.1) is 11.8 Å². The topological polar surface area (TPSA) is 26.0 Å². The molecule has 1 nitrogen and oxygen atoms in total. The first-order valence-corrected chi connectivity index (χ1v) is 8.83. The summed E-state index contributed by atoms with van der Waals surface area (Å²) in [6, 6.07) is 15.2. The molecule has 2 rings (SSSR count). The highest BCUT2D eigenvalue weighted by atomic mass is 32.2. The van der Waals surface area contributed by atoms with E-state index in [-0.39, 0.29) is 0 Å². The Bertz CT molecular complexity index is 562. The van der Waals surface area contributed by atoms with Gasteiger partial charge in [0.1, 0.15) is 0 Å². The van der Waals surface area contributed by atoms with Crippen LogP contribution in [0, 0.1) is 0 Å². The van der Waals surface area contributed by atoms with E-state index < -0.39 is 0 Å². The molecule has 0 spiro atoms. The average molecular weight is 303 g/mol. The van der Waals surface area contributed by atoms with Gasteiger partial charge in [0.2, 0.25) is 0 Å². The summed E-state index contributed by atoms with van der Waals surface area (Å²) in [5, 5.41) is 0. The van der Waals surface area contributed by atoms with E-state index in [1.54, 1.807) is 23.5 Å². The molecule has 2 aromatic rings. The standard InChI is InChI=1S/C17H21NS2/c1-12(2)13-7-9-14(10-8-13)20-17-6-4-5-16(19-3)15(17)11-18/h4-10,12H,11,18H2,1-3H3. The Morgan fingerprint density at radius 1 is 1.00 bits per heavy atom. The van der Waals surface area contributed by atoms with Crippen LogP contribution in [0.15, 0.2) is 57.2 Å². The summed E-state index contributed by atoms with van der Waals surface area (Å²) < 4.78 is 0. The zero-order valence-corrected chi connectivity index (χ0v) is 13.9. The molecule has 0 bridgehead atoms. The molecule has 0 heterocycles. The van der Waals surface area contributed by atoms with Crippen molar-refractivity contribution in [1.29, 1.82) is 0 Å². The van der Waals surface area contributed by atoms with E-state index in [4.69, 9.17) is 5.73 Å². The lowest BCUT2D eigenvalue weighted by Gasteiger charge is -2.12. The molecule has 0 saturated heterocycles. The van der Waals surface area contributed by atoms with Gasteiger partial charge in [0.05, 0.1) is 0 Å². The SMILES string of the molecule is CSc1cccc(Sc2ccc(C(C)C)cc2)c1CN. The zero-order chi connectivity index (χ0) is 14.5. The predicted molar refractivity (Wildman–Crippen MR) is 90.8 cm³/mol. The van der Waals surface area contributed by atoms with E-state index >= 15 is 0 Å². The highest BCUT2D eigenvalue weighted by Gasteiger charge is 2.08.